The topological polar surface area (TPSA) is 66.6 Å². The number of ether oxygens (including phenoxy) is 3. The van der Waals surface area contributed by atoms with Crippen molar-refractivity contribution in [2.24, 2.45) is 0 Å². The SMILES string of the molecule is CC(C)(C)c1ccnc(Oc2ccc3c(c2)B2c4cc(-c5nc6ccccc6o5)ccc4Oc4cccc(c42)O3)c1. The zero-order valence-electron chi connectivity index (χ0n) is 22.8. The van der Waals surface area contributed by atoms with E-state index in [1.54, 1.807) is 6.20 Å². The standard InChI is InChI=1S/C34H25BN2O4/c1-34(2,3)21-15-16-36-31(18-21)38-22-12-14-27-24(19-22)35-23-17-20(33-37-25-7-4-5-8-28(25)41-33)11-13-26(23)39-29-9-6-10-30(40-27)32(29)35/h4-19H,1-3H3. The highest BCUT2D eigenvalue weighted by molar-refractivity contribution is 6.98. The molecule has 0 unspecified atom stereocenters. The van der Waals surface area contributed by atoms with Crippen molar-refractivity contribution >= 4 is 34.2 Å². The smallest absolute Gasteiger partial charge is 0.260 e. The van der Waals surface area contributed by atoms with Gasteiger partial charge in [-0.05, 0) is 82.6 Å². The third kappa shape index (κ3) is 3.96. The van der Waals surface area contributed by atoms with Crippen LogP contribution in [0.1, 0.15) is 26.3 Å². The first-order chi connectivity index (χ1) is 19.9. The number of oxazole rings is 1. The van der Waals surface area contributed by atoms with Crippen LogP contribution < -0.4 is 30.6 Å². The van der Waals surface area contributed by atoms with Gasteiger partial charge in [0.1, 0.15) is 34.3 Å². The summed E-state index contributed by atoms with van der Waals surface area (Å²) in [6.07, 6.45) is 1.79. The van der Waals surface area contributed by atoms with Gasteiger partial charge >= 0.3 is 0 Å². The number of benzene rings is 4. The third-order valence-corrected chi connectivity index (χ3v) is 7.73. The van der Waals surface area contributed by atoms with Crippen LogP contribution in [-0.4, -0.2) is 16.7 Å². The average Bonchev–Trinajstić information content (AvgIpc) is 3.41. The summed E-state index contributed by atoms with van der Waals surface area (Å²) in [5.74, 6) is 4.96. The molecule has 0 amide bonds. The molecule has 4 heterocycles. The summed E-state index contributed by atoms with van der Waals surface area (Å²) in [5, 5.41) is 0. The first-order valence-corrected chi connectivity index (χ1v) is 13.7. The zero-order chi connectivity index (χ0) is 27.7. The molecule has 2 aliphatic heterocycles. The fourth-order valence-electron chi connectivity index (χ4n) is 5.66. The summed E-state index contributed by atoms with van der Waals surface area (Å²) in [5.41, 5.74) is 6.61. The minimum Gasteiger partial charge on any atom is -0.458 e. The Morgan fingerprint density at radius 3 is 2.27 bits per heavy atom. The quantitative estimate of drug-likeness (QED) is 0.234. The second kappa shape index (κ2) is 8.73. The number of para-hydroxylation sites is 2. The minimum absolute atomic E-state index is 0.0108. The van der Waals surface area contributed by atoms with Gasteiger partial charge in [-0.3, -0.25) is 0 Å². The van der Waals surface area contributed by atoms with E-state index in [0.29, 0.717) is 17.5 Å². The zero-order valence-corrected chi connectivity index (χ0v) is 22.8. The van der Waals surface area contributed by atoms with E-state index in [-0.39, 0.29) is 12.1 Å². The van der Waals surface area contributed by atoms with Crippen molar-refractivity contribution < 1.29 is 18.6 Å². The Kier molecular flexibility index (Phi) is 5.07. The normalized spacial score (nSPS) is 13.1. The Morgan fingerprint density at radius 1 is 0.732 bits per heavy atom. The Hall–Kier alpha value is -5.04. The van der Waals surface area contributed by atoms with Crippen LogP contribution >= 0.6 is 0 Å². The Bertz CT molecular complexity index is 1940. The summed E-state index contributed by atoms with van der Waals surface area (Å²) in [6, 6.07) is 29.8. The van der Waals surface area contributed by atoms with Crippen molar-refractivity contribution in [3.8, 4) is 46.1 Å². The van der Waals surface area contributed by atoms with Gasteiger partial charge in [-0.25, -0.2) is 9.97 Å². The molecule has 6 aromatic rings. The summed E-state index contributed by atoms with van der Waals surface area (Å²) in [4.78, 5) is 9.20. The van der Waals surface area contributed by atoms with Gasteiger partial charge in [0.05, 0.1) is 0 Å². The van der Waals surface area contributed by atoms with Crippen molar-refractivity contribution in [1.82, 2.24) is 9.97 Å². The minimum atomic E-state index is -0.129. The van der Waals surface area contributed by atoms with Crippen LogP contribution in [0.3, 0.4) is 0 Å². The van der Waals surface area contributed by atoms with Crippen LogP contribution in [0, 0.1) is 0 Å². The van der Waals surface area contributed by atoms with Gasteiger partial charge in [0.2, 0.25) is 11.8 Å². The molecule has 0 radical (unpaired) electrons. The summed E-state index contributed by atoms with van der Waals surface area (Å²) >= 11 is 0. The van der Waals surface area contributed by atoms with Crippen LogP contribution in [0.25, 0.3) is 22.6 Å². The fourth-order valence-corrected chi connectivity index (χ4v) is 5.66. The van der Waals surface area contributed by atoms with Crippen molar-refractivity contribution in [3.05, 3.63) is 103 Å². The number of nitrogens with zero attached hydrogens (tertiary/aromatic N) is 2. The van der Waals surface area contributed by atoms with Gasteiger partial charge in [-0.15, -0.1) is 0 Å². The molecule has 0 aliphatic carbocycles. The van der Waals surface area contributed by atoms with Crippen molar-refractivity contribution in [2.75, 3.05) is 0 Å². The second-order valence-electron chi connectivity index (χ2n) is 11.5. The highest BCUT2D eigenvalue weighted by Gasteiger charge is 2.40. The molecule has 0 spiro atoms. The predicted octanol–water partition coefficient (Wildman–Crippen LogP) is 6.71. The van der Waals surface area contributed by atoms with E-state index in [0.717, 1.165) is 61.6 Å². The number of fused-ring (bicyclic) bond motifs is 5. The average molecular weight is 536 g/mol. The highest BCUT2D eigenvalue weighted by Crippen LogP contribution is 2.37. The van der Waals surface area contributed by atoms with E-state index in [1.807, 2.05) is 84.9 Å². The molecule has 8 rings (SSSR count). The van der Waals surface area contributed by atoms with E-state index in [2.05, 4.69) is 31.8 Å². The Balaban J connectivity index is 1.24. The monoisotopic (exact) mass is 536 g/mol. The molecule has 2 aliphatic rings. The van der Waals surface area contributed by atoms with E-state index in [9.17, 15) is 0 Å². The molecule has 0 saturated heterocycles. The summed E-state index contributed by atoms with van der Waals surface area (Å²) < 4.78 is 25.2. The third-order valence-electron chi connectivity index (χ3n) is 7.73. The van der Waals surface area contributed by atoms with E-state index in [4.69, 9.17) is 23.6 Å². The van der Waals surface area contributed by atoms with Crippen molar-refractivity contribution in [2.45, 2.75) is 26.2 Å². The molecule has 41 heavy (non-hydrogen) atoms. The summed E-state index contributed by atoms with van der Waals surface area (Å²) in [6.45, 7) is 6.40. The van der Waals surface area contributed by atoms with E-state index >= 15 is 0 Å². The molecule has 0 fully saturated rings. The van der Waals surface area contributed by atoms with Crippen LogP contribution in [0.2, 0.25) is 0 Å². The van der Waals surface area contributed by atoms with Crippen LogP contribution in [-0.2, 0) is 5.41 Å². The molecule has 198 valence electrons. The lowest BCUT2D eigenvalue weighted by molar-refractivity contribution is 0.452. The number of hydrogen-bond acceptors (Lipinski definition) is 6. The van der Waals surface area contributed by atoms with Gasteiger partial charge in [0.15, 0.2) is 5.58 Å². The van der Waals surface area contributed by atoms with Crippen LogP contribution in [0.5, 0.6) is 34.6 Å². The van der Waals surface area contributed by atoms with Gasteiger partial charge < -0.3 is 18.6 Å². The highest BCUT2D eigenvalue weighted by atomic mass is 16.5. The predicted molar refractivity (Wildman–Crippen MR) is 160 cm³/mol. The van der Waals surface area contributed by atoms with Crippen LogP contribution in [0.15, 0.2) is 102 Å². The molecule has 4 aromatic carbocycles. The maximum absolute atomic E-state index is 6.39. The first kappa shape index (κ1) is 23.8. The molecule has 6 nitrogen and oxygen atoms in total. The van der Waals surface area contributed by atoms with E-state index < -0.39 is 0 Å². The second-order valence-corrected chi connectivity index (χ2v) is 11.5. The van der Waals surface area contributed by atoms with Crippen molar-refractivity contribution in [3.63, 3.8) is 0 Å². The largest absolute Gasteiger partial charge is 0.458 e. The molecular formula is C34H25BN2O4. The molecule has 7 heteroatoms. The fraction of sp³-hybridized carbons (Fsp3) is 0.118. The van der Waals surface area contributed by atoms with E-state index in [1.165, 1.54) is 0 Å². The lowest BCUT2D eigenvalue weighted by atomic mass is 9.34. The van der Waals surface area contributed by atoms with Crippen LogP contribution in [0.4, 0.5) is 0 Å². The number of rotatable bonds is 3. The molecule has 0 atom stereocenters. The van der Waals surface area contributed by atoms with Gasteiger partial charge in [0.25, 0.3) is 6.71 Å². The van der Waals surface area contributed by atoms with Gasteiger partial charge in [-0.2, -0.15) is 0 Å². The Labute approximate surface area is 237 Å². The summed E-state index contributed by atoms with van der Waals surface area (Å²) in [7, 11) is 0. The number of hydrogen-bond donors (Lipinski definition) is 0. The first-order valence-electron chi connectivity index (χ1n) is 13.7. The number of pyridine rings is 1. The lowest BCUT2D eigenvalue weighted by Gasteiger charge is -2.33. The molecule has 0 saturated carbocycles. The molecular weight excluding hydrogens is 511 g/mol. The molecule has 0 bridgehead atoms. The maximum atomic E-state index is 6.39. The lowest BCUT2D eigenvalue weighted by Crippen LogP contribution is -2.57. The maximum Gasteiger partial charge on any atom is 0.260 e. The molecule has 0 N–H and O–H groups in total. The Morgan fingerprint density at radius 2 is 1.49 bits per heavy atom. The van der Waals surface area contributed by atoms with Gasteiger partial charge in [0, 0.05) is 23.3 Å². The molecule has 2 aromatic heterocycles. The number of aromatic nitrogens is 2. The van der Waals surface area contributed by atoms with Crippen molar-refractivity contribution in [1.29, 1.82) is 0 Å². The van der Waals surface area contributed by atoms with Gasteiger partial charge in [-0.1, -0.05) is 45.0 Å².